The second kappa shape index (κ2) is 8.65. The SMILES string of the molecule is Cc1cc(C)c(NC(=O)C(C)Sc2nnc(-c3ccc(Cl)cc3Cl)n2N)c(C)c1. The lowest BCUT2D eigenvalue weighted by Gasteiger charge is -2.16. The van der Waals surface area contributed by atoms with Crippen LogP contribution in [0.3, 0.4) is 0 Å². The van der Waals surface area contributed by atoms with E-state index in [0.29, 0.717) is 26.6 Å². The van der Waals surface area contributed by atoms with Crippen LogP contribution in [0, 0.1) is 20.8 Å². The van der Waals surface area contributed by atoms with Gasteiger partial charge in [-0.1, -0.05) is 52.7 Å². The fourth-order valence-electron chi connectivity index (χ4n) is 3.03. The van der Waals surface area contributed by atoms with Gasteiger partial charge < -0.3 is 11.2 Å². The summed E-state index contributed by atoms with van der Waals surface area (Å²) in [6.45, 7) is 7.78. The van der Waals surface area contributed by atoms with Gasteiger partial charge in [0.2, 0.25) is 11.1 Å². The van der Waals surface area contributed by atoms with Crippen molar-refractivity contribution < 1.29 is 4.79 Å². The number of nitrogen functional groups attached to an aromatic ring is 1. The van der Waals surface area contributed by atoms with Crippen LogP contribution in [0.4, 0.5) is 5.69 Å². The van der Waals surface area contributed by atoms with Gasteiger partial charge in [-0.25, -0.2) is 4.68 Å². The Morgan fingerprint density at radius 3 is 2.41 bits per heavy atom. The summed E-state index contributed by atoms with van der Waals surface area (Å²) in [7, 11) is 0. The average molecular weight is 450 g/mol. The molecular formula is C20H21Cl2N5OS. The molecule has 0 fully saturated rings. The van der Waals surface area contributed by atoms with Crippen LogP contribution in [-0.4, -0.2) is 26.0 Å². The maximum absolute atomic E-state index is 12.7. The number of carbonyl (C=O) groups is 1. The highest BCUT2D eigenvalue weighted by atomic mass is 35.5. The summed E-state index contributed by atoms with van der Waals surface area (Å²) in [4.78, 5) is 12.7. The van der Waals surface area contributed by atoms with Gasteiger partial charge in [0, 0.05) is 16.3 Å². The van der Waals surface area contributed by atoms with Crippen LogP contribution in [0.15, 0.2) is 35.5 Å². The number of rotatable bonds is 5. The Morgan fingerprint density at radius 2 is 1.79 bits per heavy atom. The molecule has 0 bridgehead atoms. The van der Waals surface area contributed by atoms with Gasteiger partial charge in [0.25, 0.3) is 0 Å². The number of hydrogen-bond acceptors (Lipinski definition) is 5. The summed E-state index contributed by atoms with van der Waals surface area (Å²) >= 11 is 13.4. The van der Waals surface area contributed by atoms with Crippen LogP contribution < -0.4 is 11.2 Å². The minimum atomic E-state index is -0.435. The maximum atomic E-state index is 12.7. The zero-order valence-corrected chi connectivity index (χ0v) is 18.8. The summed E-state index contributed by atoms with van der Waals surface area (Å²) < 4.78 is 1.33. The van der Waals surface area contributed by atoms with E-state index in [2.05, 4.69) is 15.5 Å². The Balaban J connectivity index is 1.77. The van der Waals surface area contributed by atoms with E-state index in [1.165, 1.54) is 16.4 Å². The molecule has 0 aliphatic rings. The molecule has 3 rings (SSSR count). The molecule has 0 saturated heterocycles. The third kappa shape index (κ3) is 4.69. The lowest BCUT2D eigenvalue weighted by Crippen LogP contribution is -2.24. The van der Waals surface area contributed by atoms with E-state index in [9.17, 15) is 4.79 Å². The molecular weight excluding hydrogens is 429 g/mol. The molecule has 2 aromatic carbocycles. The lowest BCUT2D eigenvalue weighted by molar-refractivity contribution is -0.115. The monoisotopic (exact) mass is 449 g/mol. The van der Waals surface area contributed by atoms with Gasteiger partial charge in [0.15, 0.2) is 5.82 Å². The predicted octanol–water partition coefficient (Wildman–Crippen LogP) is 5.01. The average Bonchev–Trinajstić information content (AvgIpc) is 2.98. The van der Waals surface area contributed by atoms with Crippen molar-refractivity contribution >= 4 is 46.6 Å². The van der Waals surface area contributed by atoms with Gasteiger partial charge in [-0.15, -0.1) is 10.2 Å². The van der Waals surface area contributed by atoms with Crippen LogP contribution in [-0.2, 0) is 4.79 Å². The Morgan fingerprint density at radius 1 is 1.14 bits per heavy atom. The third-order valence-electron chi connectivity index (χ3n) is 4.41. The lowest BCUT2D eigenvalue weighted by atomic mass is 10.1. The number of benzene rings is 2. The van der Waals surface area contributed by atoms with Gasteiger partial charge in [0.1, 0.15) is 0 Å². The number of thioether (sulfide) groups is 1. The molecule has 1 amide bonds. The zero-order valence-electron chi connectivity index (χ0n) is 16.5. The molecule has 0 radical (unpaired) electrons. The third-order valence-corrected chi connectivity index (χ3v) is 6.02. The molecule has 1 atom stereocenters. The van der Waals surface area contributed by atoms with Gasteiger partial charge >= 0.3 is 0 Å². The molecule has 0 aliphatic carbocycles. The Labute approximate surface area is 183 Å². The Kier molecular flexibility index (Phi) is 6.41. The number of carbonyl (C=O) groups excluding carboxylic acids is 1. The van der Waals surface area contributed by atoms with Crippen LogP contribution >= 0.6 is 35.0 Å². The van der Waals surface area contributed by atoms with Crippen molar-refractivity contribution in [3.8, 4) is 11.4 Å². The molecule has 9 heteroatoms. The van der Waals surface area contributed by atoms with Crippen molar-refractivity contribution in [2.75, 3.05) is 11.2 Å². The van der Waals surface area contributed by atoms with Crippen LogP contribution in [0.1, 0.15) is 23.6 Å². The highest BCUT2D eigenvalue weighted by Gasteiger charge is 2.22. The van der Waals surface area contributed by atoms with Crippen molar-refractivity contribution in [1.29, 1.82) is 0 Å². The van der Waals surface area contributed by atoms with Gasteiger partial charge in [-0.3, -0.25) is 4.79 Å². The number of halogens is 2. The molecule has 3 N–H and O–H groups in total. The number of nitrogens with one attached hydrogen (secondary N) is 1. The fourth-order valence-corrected chi connectivity index (χ4v) is 4.29. The summed E-state index contributed by atoms with van der Waals surface area (Å²) in [6.07, 6.45) is 0. The summed E-state index contributed by atoms with van der Waals surface area (Å²) in [5.41, 5.74) is 4.64. The van der Waals surface area contributed by atoms with E-state index in [-0.39, 0.29) is 5.91 Å². The largest absolute Gasteiger partial charge is 0.335 e. The number of nitrogens with two attached hydrogens (primary N) is 1. The Bertz CT molecular complexity index is 1060. The highest BCUT2D eigenvalue weighted by Crippen LogP contribution is 2.31. The van der Waals surface area contributed by atoms with Gasteiger partial charge in [0.05, 0.1) is 10.3 Å². The minimum absolute atomic E-state index is 0.140. The smallest absolute Gasteiger partial charge is 0.237 e. The molecule has 1 heterocycles. The molecule has 0 spiro atoms. The van der Waals surface area contributed by atoms with Crippen molar-refractivity contribution in [2.24, 2.45) is 0 Å². The van der Waals surface area contributed by atoms with Gasteiger partial charge in [-0.05, 0) is 57.0 Å². The molecule has 0 saturated carbocycles. The van der Waals surface area contributed by atoms with Crippen molar-refractivity contribution in [3.63, 3.8) is 0 Å². The standard InChI is InChI=1S/C20H21Cl2N5OS/c1-10-7-11(2)17(12(3)8-10)24-19(28)13(4)29-20-26-25-18(27(20)23)15-6-5-14(21)9-16(15)22/h5-9,13H,23H2,1-4H3,(H,24,28). The van der Waals surface area contributed by atoms with E-state index < -0.39 is 5.25 Å². The van der Waals surface area contributed by atoms with Crippen molar-refractivity contribution in [2.45, 2.75) is 38.1 Å². The first-order chi connectivity index (χ1) is 13.7. The predicted molar refractivity (Wildman–Crippen MR) is 120 cm³/mol. The number of hydrogen-bond donors (Lipinski definition) is 2. The first-order valence-electron chi connectivity index (χ1n) is 8.88. The number of anilines is 1. The highest BCUT2D eigenvalue weighted by molar-refractivity contribution is 8.00. The molecule has 29 heavy (non-hydrogen) atoms. The molecule has 1 unspecified atom stereocenters. The molecule has 3 aromatic rings. The van der Waals surface area contributed by atoms with Crippen LogP contribution in [0.25, 0.3) is 11.4 Å². The van der Waals surface area contributed by atoms with Crippen molar-refractivity contribution in [3.05, 3.63) is 57.1 Å². The van der Waals surface area contributed by atoms with E-state index in [0.717, 1.165) is 22.4 Å². The second-order valence-corrected chi connectivity index (χ2v) is 8.97. The number of nitrogens with zero attached hydrogens (tertiary/aromatic N) is 3. The maximum Gasteiger partial charge on any atom is 0.237 e. The molecule has 152 valence electrons. The molecule has 6 nitrogen and oxygen atoms in total. The quantitative estimate of drug-likeness (QED) is 0.422. The van der Waals surface area contributed by atoms with Crippen LogP contribution in [0.2, 0.25) is 10.0 Å². The van der Waals surface area contributed by atoms with E-state index in [1.807, 2.05) is 32.9 Å². The number of aryl methyl sites for hydroxylation is 3. The second-order valence-electron chi connectivity index (χ2n) is 6.82. The minimum Gasteiger partial charge on any atom is -0.335 e. The topological polar surface area (TPSA) is 85.8 Å². The number of aromatic nitrogens is 3. The van der Waals surface area contributed by atoms with Crippen molar-refractivity contribution in [1.82, 2.24) is 14.9 Å². The Hall–Kier alpha value is -2.22. The van der Waals surface area contributed by atoms with E-state index in [4.69, 9.17) is 29.0 Å². The summed E-state index contributed by atoms with van der Waals surface area (Å²) in [5.74, 6) is 6.41. The van der Waals surface area contributed by atoms with E-state index in [1.54, 1.807) is 25.1 Å². The number of amides is 1. The summed E-state index contributed by atoms with van der Waals surface area (Å²) in [5, 5.41) is 12.1. The first kappa shape index (κ1) is 21.5. The molecule has 0 aliphatic heterocycles. The normalized spacial score (nSPS) is 12.1. The molecule has 1 aromatic heterocycles. The van der Waals surface area contributed by atoms with E-state index >= 15 is 0 Å². The van der Waals surface area contributed by atoms with Gasteiger partial charge in [-0.2, -0.15) is 0 Å². The first-order valence-corrected chi connectivity index (χ1v) is 10.5. The fraction of sp³-hybridized carbons (Fsp3) is 0.250. The zero-order chi connectivity index (χ0) is 21.3. The van der Waals surface area contributed by atoms with Crippen LogP contribution in [0.5, 0.6) is 0 Å². The summed E-state index contributed by atoms with van der Waals surface area (Å²) in [6, 6.07) is 9.12.